The number of alkyl halides is 1. The van der Waals surface area contributed by atoms with E-state index in [0.29, 0.717) is 0 Å². The minimum Gasteiger partial charge on any atom is -0.354 e. The van der Waals surface area contributed by atoms with Gasteiger partial charge in [0.2, 0.25) is 0 Å². The van der Waals surface area contributed by atoms with Crippen molar-refractivity contribution in [2.24, 2.45) is 0 Å². The summed E-state index contributed by atoms with van der Waals surface area (Å²) in [6.07, 6.45) is 7.54. The van der Waals surface area contributed by atoms with Crippen LogP contribution in [0.2, 0.25) is 0 Å². The molecule has 78 valence electrons. The second-order valence-corrected chi connectivity index (χ2v) is 4.24. The van der Waals surface area contributed by atoms with Gasteiger partial charge in [-0.15, -0.1) is 0 Å². The average molecular weight is 258 g/mol. The van der Waals surface area contributed by atoms with E-state index < -0.39 is 0 Å². The molecule has 0 saturated carbocycles. The van der Waals surface area contributed by atoms with Crippen molar-refractivity contribution in [1.29, 1.82) is 0 Å². The molecule has 0 fully saturated rings. The Kier molecular flexibility index (Phi) is 4.94. The third-order valence-electron chi connectivity index (χ3n) is 2.21. The molecule has 0 aliphatic carbocycles. The summed E-state index contributed by atoms with van der Waals surface area (Å²) in [5.41, 5.74) is 0.811. The van der Waals surface area contributed by atoms with E-state index >= 15 is 0 Å². The van der Waals surface area contributed by atoms with Crippen molar-refractivity contribution in [3.63, 3.8) is 0 Å². The van der Waals surface area contributed by atoms with E-state index in [4.69, 9.17) is 0 Å². The smallest absolute Gasteiger partial charge is 0.161 e. The number of hydrogen-bond donors (Lipinski definition) is 0. The van der Waals surface area contributed by atoms with Crippen LogP contribution in [0.5, 0.6) is 0 Å². The third kappa shape index (κ3) is 3.66. The van der Waals surface area contributed by atoms with Gasteiger partial charge in [0, 0.05) is 29.8 Å². The van der Waals surface area contributed by atoms with E-state index in [2.05, 4.69) is 20.5 Å². The van der Waals surface area contributed by atoms with E-state index in [1.165, 1.54) is 19.3 Å². The molecule has 1 rings (SSSR count). The number of hydrogen-bond acceptors (Lipinski definition) is 1. The molecule has 0 aliphatic heterocycles. The highest BCUT2D eigenvalue weighted by molar-refractivity contribution is 9.09. The summed E-state index contributed by atoms with van der Waals surface area (Å²) in [4.78, 5) is 11.0. The van der Waals surface area contributed by atoms with Gasteiger partial charge >= 0.3 is 0 Å². The number of carbonyl (C=O) groups excluding carboxylic acids is 1. The highest BCUT2D eigenvalue weighted by atomic mass is 79.9. The van der Waals surface area contributed by atoms with Gasteiger partial charge < -0.3 is 4.57 Å². The van der Waals surface area contributed by atoms with E-state index in [9.17, 15) is 4.79 Å². The maximum absolute atomic E-state index is 11.0. The lowest BCUT2D eigenvalue weighted by molar-refractivity contribution is 0.101. The average Bonchev–Trinajstić information content (AvgIpc) is 2.61. The summed E-state index contributed by atoms with van der Waals surface area (Å²) in [6.45, 7) is 2.62. The molecule has 1 heterocycles. The Labute approximate surface area is 93.4 Å². The van der Waals surface area contributed by atoms with Crippen molar-refractivity contribution >= 4 is 21.7 Å². The number of carbonyl (C=O) groups is 1. The lowest BCUT2D eigenvalue weighted by Gasteiger charge is -2.01. The number of Topliss-reactive ketones (excluding diaryl/α,β-unsaturated/α-hetero) is 1. The standard InChI is InChI=1S/C11H16BrNO/c1-10(14)11-5-8-13(9-11)7-4-2-3-6-12/h5,8-9H,2-4,6-7H2,1H3. The van der Waals surface area contributed by atoms with E-state index in [1.807, 2.05) is 18.5 Å². The Bertz CT molecular complexity index is 293. The molecular formula is C11H16BrNO. The largest absolute Gasteiger partial charge is 0.354 e. The minimum absolute atomic E-state index is 0.143. The predicted molar refractivity (Wildman–Crippen MR) is 62.1 cm³/mol. The zero-order chi connectivity index (χ0) is 10.4. The van der Waals surface area contributed by atoms with Crippen molar-refractivity contribution in [1.82, 2.24) is 4.57 Å². The molecule has 1 aromatic rings. The number of ketones is 1. The van der Waals surface area contributed by atoms with Crippen LogP contribution in [-0.4, -0.2) is 15.7 Å². The fraction of sp³-hybridized carbons (Fsp3) is 0.545. The second kappa shape index (κ2) is 6.02. The molecule has 1 aromatic heterocycles. The number of nitrogens with zero attached hydrogens (tertiary/aromatic N) is 1. The van der Waals surface area contributed by atoms with E-state index in [0.717, 1.165) is 17.4 Å². The van der Waals surface area contributed by atoms with Crippen LogP contribution in [0, 0.1) is 0 Å². The lowest BCUT2D eigenvalue weighted by atomic mass is 10.2. The molecular weight excluding hydrogens is 242 g/mol. The van der Waals surface area contributed by atoms with Gasteiger partial charge in [-0.05, 0) is 25.8 Å². The topological polar surface area (TPSA) is 22.0 Å². The molecule has 0 atom stereocenters. The fourth-order valence-electron chi connectivity index (χ4n) is 1.35. The molecule has 0 bridgehead atoms. The number of aryl methyl sites for hydroxylation is 1. The molecule has 0 amide bonds. The monoisotopic (exact) mass is 257 g/mol. The SMILES string of the molecule is CC(=O)c1ccn(CCCCCBr)c1. The summed E-state index contributed by atoms with van der Waals surface area (Å²) in [5.74, 6) is 0.143. The van der Waals surface area contributed by atoms with Gasteiger partial charge in [0.15, 0.2) is 5.78 Å². The Hall–Kier alpha value is -0.570. The molecule has 0 aliphatic rings. The molecule has 0 N–H and O–H groups in total. The van der Waals surface area contributed by atoms with Crippen LogP contribution in [0.15, 0.2) is 18.5 Å². The van der Waals surface area contributed by atoms with Crippen molar-refractivity contribution in [2.45, 2.75) is 32.7 Å². The van der Waals surface area contributed by atoms with Gasteiger partial charge in [-0.3, -0.25) is 4.79 Å². The van der Waals surface area contributed by atoms with E-state index in [-0.39, 0.29) is 5.78 Å². The summed E-state index contributed by atoms with van der Waals surface area (Å²) in [6, 6.07) is 1.88. The summed E-state index contributed by atoms with van der Waals surface area (Å²) in [5, 5.41) is 1.08. The first kappa shape index (κ1) is 11.5. The first-order chi connectivity index (χ1) is 6.74. The molecule has 14 heavy (non-hydrogen) atoms. The van der Waals surface area contributed by atoms with Crippen LogP contribution in [0.4, 0.5) is 0 Å². The Morgan fingerprint density at radius 3 is 2.79 bits per heavy atom. The first-order valence-corrected chi connectivity index (χ1v) is 6.09. The number of rotatable bonds is 6. The van der Waals surface area contributed by atoms with Gasteiger partial charge in [0.25, 0.3) is 0 Å². The van der Waals surface area contributed by atoms with Crippen LogP contribution >= 0.6 is 15.9 Å². The van der Waals surface area contributed by atoms with Gasteiger partial charge in [-0.1, -0.05) is 22.4 Å². The molecule has 0 saturated heterocycles. The van der Waals surface area contributed by atoms with Crippen molar-refractivity contribution in [3.8, 4) is 0 Å². The molecule has 0 spiro atoms. The molecule has 2 nitrogen and oxygen atoms in total. The fourth-order valence-corrected chi connectivity index (χ4v) is 1.75. The quantitative estimate of drug-likeness (QED) is 0.436. The Morgan fingerprint density at radius 2 is 2.21 bits per heavy atom. The maximum atomic E-state index is 11.0. The Morgan fingerprint density at radius 1 is 1.43 bits per heavy atom. The van der Waals surface area contributed by atoms with Gasteiger partial charge in [-0.25, -0.2) is 0 Å². The second-order valence-electron chi connectivity index (χ2n) is 3.44. The van der Waals surface area contributed by atoms with Gasteiger partial charge in [0.1, 0.15) is 0 Å². The summed E-state index contributed by atoms with van der Waals surface area (Å²) in [7, 11) is 0. The maximum Gasteiger partial charge on any atom is 0.161 e. The molecule has 0 radical (unpaired) electrons. The highest BCUT2D eigenvalue weighted by Crippen LogP contribution is 2.05. The number of unbranched alkanes of at least 4 members (excludes halogenated alkanes) is 2. The molecule has 0 unspecified atom stereocenters. The minimum atomic E-state index is 0.143. The Balaban J connectivity index is 2.33. The zero-order valence-electron chi connectivity index (χ0n) is 8.50. The predicted octanol–water partition coefficient (Wildman–Crippen LogP) is 3.26. The van der Waals surface area contributed by atoms with Gasteiger partial charge in [-0.2, -0.15) is 0 Å². The van der Waals surface area contributed by atoms with Crippen LogP contribution in [0.1, 0.15) is 36.5 Å². The molecule has 0 aromatic carbocycles. The number of halogens is 1. The van der Waals surface area contributed by atoms with Crippen LogP contribution < -0.4 is 0 Å². The van der Waals surface area contributed by atoms with E-state index in [1.54, 1.807) is 6.92 Å². The van der Waals surface area contributed by atoms with Gasteiger partial charge in [0.05, 0.1) is 0 Å². The zero-order valence-corrected chi connectivity index (χ0v) is 10.1. The van der Waals surface area contributed by atoms with Crippen LogP contribution in [0.3, 0.4) is 0 Å². The van der Waals surface area contributed by atoms with Crippen LogP contribution in [0.25, 0.3) is 0 Å². The van der Waals surface area contributed by atoms with Crippen molar-refractivity contribution in [3.05, 3.63) is 24.0 Å². The normalized spacial score (nSPS) is 10.4. The third-order valence-corrected chi connectivity index (χ3v) is 2.77. The van der Waals surface area contributed by atoms with Crippen LogP contribution in [-0.2, 0) is 6.54 Å². The molecule has 3 heteroatoms. The lowest BCUT2D eigenvalue weighted by Crippen LogP contribution is -1.95. The van der Waals surface area contributed by atoms with Crippen molar-refractivity contribution < 1.29 is 4.79 Å². The first-order valence-electron chi connectivity index (χ1n) is 4.96. The van der Waals surface area contributed by atoms with Crippen molar-refractivity contribution in [2.75, 3.05) is 5.33 Å². The summed E-state index contributed by atoms with van der Waals surface area (Å²) < 4.78 is 2.09. The summed E-state index contributed by atoms with van der Waals surface area (Å²) >= 11 is 3.41. The number of aromatic nitrogens is 1. The highest BCUT2D eigenvalue weighted by Gasteiger charge is 2.00.